The average Bonchev–Trinajstić information content (AvgIpc) is 2.95. The van der Waals surface area contributed by atoms with E-state index in [9.17, 15) is 0 Å². The zero-order chi connectivity index (χ0) is 15.5. The van der Waals surface area contributed by atoms with E-state index in [1.165, 1.54) is 6.33 Å². The van der Waals surface area contributed by atoms with Crippen LogP contribution in [0, 0.1) is 6.92 Å². The zero-order valence-electron chi connectivity index (χ0n) is 12.3. The third-order valence-electron chi connectivity index (χ3n) is 3.20. The van der Waals surface area contributed by atoms with Crippen LogP contribution in [0.3, 0.4) is 0 Å². The molecule has 0 atom stereocenters. The van der Waals surface area contributed by atoms with Crippen molar-refractivity contribution < 1.29 is 4.52 Å². The first-order valence-electron chi connectivity index (χ1n) is 6.75. The fraction of sp³-hybridized carbons (Fsp3) is 0.133. The van der Waals surface area contributed by atoms with Crippen molar-refractivity contribution in [3.05, 3.63) is 48.5 Å². The lowest BCUT2D eigenvalue weighted by molar-refractivity contribution is 0.400. The molecule has 3 aromatic rings. The van der Waals surface area contributed by atoms with Crippen molar-refractivity contribution in [3.63, 3.8) is 0 Å². The van der Waals surface area contributed by atoms with Crippen LogP contribution in [0.5, 0.6) is 0 Å². The highest BCUT2D eigenvalue weighted by Gasteiger charge is 2.14. The van der Waals surface area contributed by atoms with Gasteiger partial charge in [-0.3, -0.25) is 0 Å². The van der Waals surface area contributed by atoms with Crippen LogP contribution in [0.25, 0.3) is 0 Å². The molecule has 3 N–H and O–H groups in total. The van der Waals surface area contributed by atoms with Gasteiger partial charge in [0.15, 0.2) is 17.5 Å². The fourth-order valence-electron chi connectivity index (χ4n) is 2.07. The van der Waals surface area contributed by atoms with Gasteiger partial charge in [-0.05, 0) is 19.1 Å². The number of nitrogens with one attached hydrogen (secondary N) is 1. The SMILES string of the molecule is Cc1cc(Nc2ncnc(N(C)c3ccccc3)c2N)no1. The molecular formula is C15H16N6O. The predicted octanol–water partition coefficient (Wildman–Crippen LogP) is 2.87. The molecule has 0 aliphatic rings. The summed E-state index contributed by atoms with van der Waals surface area (Å²) in [7, 11) is 1.90. The maximum absolute atomic E-state index is 6.19. The second-order valence-corrected chi connectivity index (χ2v) is 4.80. The molecule has 2 aromatic heterocycles. The molecule has 0 saturated heterocycles. The molecule has 0 bridgehead atoms. The van der Waals surface area contributed by atoms with E-state index in [1.54, 1.807) is 6.07 Å². The van der Waals surface area contributed by atoms with Gasteiger partial charge < -0.3 is 20.5 Å². The number of hydrogen-bond donors (Lipinski definition) is 2. The van der Waals surface area contributed by atoms with Gasteiger partial charge in [0.05, 0.1) is 0 Å². The van der Waals surface area contributed by atoms with Crippen molar-refractivity contribution in [2.75, 3.05) is 23.0 Å². The molecule has 0 fully saturated rings. The Hall–Kier alpha value is -3.09. The first kappa shape index (κ1) is 13.9. The van der Waals surface area contributed by atoms with Crippen molar-refractivity contribution in [3.8, 4) is 0 Å². The molecule has 0 aliphatic carbocycles. The monoisotopic (exact) mass is 296 g/mol. The summed E-state index contributed by atoms with van der Waals surface area (Å²) in [5, 5.41) is 6.90. The minimum Gasteiger partial charge on any atom is -0.393 e. The number of aryl methyl sites for hydroxylation is 1. The number of rotatable bonds is 4. The van der Waals surface area contributed by atoms with E-state index in [0.29, 0.717) is 28.9 Å². The number of benzene rings is 1. The molecule has 0 saturated carbocycles. The summed E-state index contributed by atoms with van der Waals surface area (Å²) in [5.74, 6) is 2.36. The van der Waals surface area contributed by atoms with E-state index < -0.39 is 0 Å². The molecular weight excluding hydrogens is 280 g/mol. The maximum Gasteiger partial charge on any atom is 0.175 e. The second kappa shape index (κ2) is 5.72. The molecule has 2 heterocycles. The molecule has 0 spiro atoms. The van der Waals surface area contributed by atoms with E-state index in [1.807, 2.05) is 49.2 Å². The topological polar surface area (TPSA) is 93.1 Å². The fourth-order valence-corrected chi connectivity index (χ4v) is 2.07. The van der Waals surface area contributed by atoms with Gasteiger partial charge in [-0.2, -0.15) is 0 Å². The van der Waals surface area contributed by atoms with E-state index in [0.717, 1.165) is 5.69 Å². The first-order chi connectivity index (χ1) is 10.6. The zero-order valence-corrected chi connectivity index (χ0v) is 12.3. The van der Waals surface area contributed by atoms with Crippen LogP contribution in [0.15, 0.2) is 47.2 Å². The Morgan fingerprint density at radius 2 is 1.95 bits per heavy atom. The molecule has 7 nitrogen and oxygen atoms in total. The van der Waals surface area contributed by atoms with Gasteiger partial charge in [0, 0.05) is 18.8 Å². The van der Waals surface area contributed by atoms with Gasteiger partial charge >= 0.3 is 0 Å². The van der Waals surface area contributed by atoms with E-state index >= 15 is 0 Å². The largest absolute Gasteiger partial charge is 0.393 e. The molecule has 1 aromatic carbocycles. The van der Waals surface area contributed by atoms with Crippen LogP contribution in [0.4, 0.5) is 28.8 Å². The highest BCUT2D eigenvalue weighted by atomic mass is 16.5. The highest BCUT2D eigenvalue weighted by molar-refractivity contribution is 5.80. The van der Waals surface area contributed by atoms with Gasteiger partial charge in [-0.25, -0.2) is 9.97 Å². The summed E-state index contributed by atoms with van der Waals surface area (Å²) in [4.78, 5) is 10.3. The van der Waals surface area contributed by atoms with Crippen molar-refractivity contribution in [1.29, 1.82) is 0 Å². The van der Waals surface area contributed by atoms with Gasteiger partial charge in [-0.15, -0.1) is 0 Å². The quantitative estimate of drug-likeness (QED) is 0.764. The molecule has 3 rings (SSSR count). The second-order valence-electron chi connectivity index (χ2n) is 4.80. The lowest BCUT2D eigenvalue weighted by Gasteiger charge is -2.20. The number of nitrogens with two attached hydrogens (primary N) is 1. The lowest BCUT2D eigenvalue weighted by Crippen LogP contribution is -2.15. The molecule has 0 radical (unpaired) electrons. The van der Waals surface area contributed by atoms with Crippen LogP contribution in [-0.4, -0.2) is 22.2 Å². The molecule has 0 aliphatic heterocycles. The molecule has 22 heavy (non-hydrogen) atoms. The molecule has 0 unspecified atom stereocenters. The molecule has 0 amide bonds. The van der Waals surface area contributed by atoms with Crippen molar-refractivity contribution in [2.24, 2.45) is 0 Å². The standard InChI is InChI=1S/C15H16N6O/c1-10-8-12(20-22-10)19-14-13(16)15(18-9-17-14)21(2)11-6-4-3-5-7-11/h3-9H,16H2,1-2H3,(H,17,18,19,20). The average molecular weight is 296 g/mol. The predicted molar refractivity (Wildman–Crippen MR) is 85.5 cm³/mol. The van der Waals surface area contributed by atoms with Crippen LogP contribution >= 0.6 is 0 Å². The van der Waals surface area contributed by atoms with Crippen LogP contribution in [0.1, 0.15) is 5.76 Å². The van der Waals surface area contributed by atoms with E-state index in [2.05, 4.69) is 20.4 Å². The van der Waals surface area contributed by atoms with Gasteiger partial charge in [0.2, 0.25) is 0 Å². The minimum absolute atomic E-state index is 0.439. The van der Waals surface area contributed by atoms with Crippen molar-refractivity contribution >= 4 is 28.8 Å². The Bertz CT molecular complexity index is 771. The number of aromatic nitrogens is 3. The highest BCUT2D eigenvalue weighted by Crippen LogP contribution is 2.31. The van der Waals surface area contributed by atoms with Crippen molar-refractivity contribution in [1.82, 2.24) is 15.1 Å². The first-order valence-corrected chi connectivity index (χ1v) is 6.75. The summed E-state index contributed by atoms with van der Waals surface area (Å²) in [6, 6.07) is 11.6. The number of nitrogen functional groups attached to an aromatic ring is 1. The number of para-hydroxylation sites is 1. The number of hydrogen-bond acceptors (Lipinski definition) is 7. The minimum atomic E-state index is 0.439. The lowest BCUT2D eigenvalue weighted by atomic mass is 10.3. The Kier molecular flexibility index (Phi) is 3.61. The van der Waals surface area contributed by atoms with E-state index in [4.69, 9.17) is 10.3 Å². The third-order valence-corrected chi connectivity index (χ3v) is 3.20. The van der Waals surface area contributed by atoms with Crippen LogP contribution in [0.2, 0.25) is 0 Å². The summed E-state index contributed by atoms with van der Waals surface area (Å²) in [5.41, 5.74) is 7.61. The number of anilines is 5. The van der Waals surface area contributed by atoms with Crippen molar-refractivity contribution in [2.45, 2.75) is 6.92 Å². The van der Waals surface area contributed by atoms with Gasteiger partial charge in [-0.1, -0.05) is 23.4 Å². The number of nitrogens with zero attached hydrogens (tertiary/aromatic N) is 4. The Labute approximate surface area is 127 Å². The molecule has 112 valence electrons. The van der Waals surface area contributed by atoms with E-state index in [-0.39, 0.29) is 0 Å². The smallest absolute Gasteiger partial charge is 0.175 e. The van der Waals surface area contributed by atoms with Gasteiger partial charge in [0.1, 0.15) is 17.8 Å². The summed E-state index contributed by atoms with van der Waals surface area (Å²) >= 11 is 0. The van der Waals surface area contributed by atoms with Crippen LogP contribution < -0.4 is 16.0 Å². The Balaban J connectivity index is 1.92. The summed E-state index contributed by atoms with van der Waals surface area (Å²) < 4.78 is 5.02. The Morgan fingerprint density at radius 3 is 2.64 bits per heavy atom. The normalized spacial score (nSPS) is 10.5. The van der Waals surface area contributed by atoms with Crippen LogP contribution in [-0.2, 0) is 0 Å². The third kappa shape index (κ3) is 2.69. The summed E-state index contributed by atoms with van der Waals surface area (Å²) in [6.45, 7) is 1.82. The van der Waals surface area contributed by atoms with Gasteiger partial charge in [0.25, 0.3) is 0 Å². The Morgan fingerprint density at radius 1 is 1.18 bits per heavy atom. The summed E-state index contributed by atoms with van der Waals surface area (Å²) in [6.07, 6.45) is 1.46. The molecule has 7 heteroatoms. The maximum atomic E-state index is 6.19.